The Bertz CT molecular complexity index is 368. The van der Waals surface area contributed by atoms with Gasteiger partial charge in [0.1, 0.15) is 0 Å². The normalized spacial score (nSPS) is 10.0. The summed E-state index contributed by atoms with van der Waals surface area (Å²) in [6.45, 7) is 6.72. The van der Waals surface area contributed by atoms with Crippen LogP contribution in [0, 0.1) is 13.8 Å². The molecule has 0 aliphatic heterocycles. The second-order valence-electron chi connectivity index (χ2n) is 3.82. The van der Waals surface area contributed by atoms with Gasteiger partial charge in [0.15, 0.2) is 0 Å². The number of anilines is 1. The molecule has 0 bridgehead atoms. The van der Waals surface area contributed by atoms with Crippen LogP contribution in [0.2, 0.25) is 0 Å². The van der Waals surface area contributed by atoms with Crippen molar-refractivity contribution in [1.29, 1.82) is 0 Å². The Hall–Kier alpha value is -1.03. The number of hydrogen-bond donors (Lipinski definition) is 2. The molecule has 0 heterocycles. The fraction of sp³-hybridized carbons (Fsp3) is 0.417. The van der Waals surface area contributed by atoms with Gasteiger partial charge < -0.3 is 10.6 Å². The van der Waals surface area contributed by atoms with Gasteiger partial charge in [0, 0.05) is 11.0 Å². The first kappa shape index (κ1) is 13.0. The molecule has 0 spiro atoms. The van der Waals surface area contributed by atoms with Crippen LogP contribution >= 0.6 is 15.9 Å². The third kappa shape index (κ3) is 3.52. The molecule has 1 aromatic carbocycles. The van der Waals surface area contributed by atoms with E-state index in [0.717, 1.165) is 22.1 Å². The highest BCUT2D eigenvalue weighted by molar-refractivity contribution is 9.10. The van der Waals surface area contributed by atoms with Gasteiger partial charge >= 0.3 is 6.03 Å². The molecule has 0 unspecified atom stereocenters. The molecule has 0 atom stereocenters. The lowest BCUT2D eigenvalue weighted by Gasteiger charge is -2.12. The van der Waals surface area contributed by atoms with E-state index in [-0.39, 0.29) is 6.03 Å². The first-order valence-electron chi connectivity index (χ1n) is 5.36. The maximum Gasteiger partial charge on any atom is 0.319 e. The highest BCUT2D eigenvalue weighted by Gasteiger charge is 2.08. The molecule has 3 nitrogen and oxygen atoms in total. The first-order chi connectivity index (χ1) is 7.54. The van der Waals surface area contributed by atoms with Crippen LogP contribution < -0.4 is 10.6 Å². The van der Waals surface area contributed by atoms with E-state index in [1.165, 1.54) is 5.56 Å². The molecular formula is C12H17BrN2O. The smallest absolute Gasteiger partial charge is 0.319 e. The molecular weight excluding hydrogens is 268 g/mol. The number of hydrogen-bond acceptors (Lipinski definition) is 1. The van der Waals surface area contributed by atoms with Crippen molar-refractivity contribution in [3.05, 3.63) is 27.7 Å². The number of urea groups is 1. The predicted molar refractivity (Wildman–Crippen MR) is 70.9 cm³/mol. The number of carbonyl (C=O) groups excluding carboxylic acids is 1. The van der Waals surface area contributed by atoms with Gasteiger partial charge in [-0.2, -0.15) is 0 Å². The zero-order valence-corrected chi connectivity index (χ0v) is 11.4. The maximum absolute atomic E-state index is 11.5. The summed E-state index contributed by atoms with van der Waals surface area (Å²) in [5.41, 5.74) is 3.06. The molecule has 0 radical (unpaired) electrons. The Morgan fingerprint density at radius 3 is 2.62 bits per heavy atom. The van der Waals surface area contributed by atoms with E-state index in [1.54, 1.807) is 0 Å². The molecule has 0 aromatic heterocycles. The standard InChI is InChI=1S/C12H17BrN2O/c1-4-5-14-12(16)15-11-9(3)6-8(2)7-10(11)13/h6-7H,4-5H2,1-3H3,(H2,14,15,16). The van der Waals surface area contributed by atoms with Crippen LogP contribution in [0.15, 0.2) is 16.6 Å². The molecule has 0 saturated heterocycles. The summed E-state index contributed by atoms with van der Waals surface area (Å²) < 4.78 is 0.914. The Labute approximate surface area is 105 Å². The number of halogens is 1. The second kappa shape index (κ2) is 5.89. The third-order valence-electron chi connectivity index (χ3n) is 2.21. The first-order valence-corrected chi connectivity index (χ1v) is 6.15. The fourth-order valence-corrected chi connectivity index (χ4v) is 2.24. The van der Waals surface area contributed by atoms with E-state index in [0.29, 0.717) is 6.54 Å². The van der Waals surface area contributed by atoms with Gasteiger partial charge in [0.05, 0.1) is 5.69 Å². The summed E-state index contributed by atoms with van der Waals surface area (Å²) >= 11 is 3.45. The van der Waals surface area contributed by atoms with Crippen LogP contribution in [0.4, 0.5) is 10.5 Å². The summed E-state index contributed by atoms with van der Waals surface area (Å²) in [4.78, 5) is 11.5. The topological polar surface area (TPSA) is 41.1 Å². The van der Waals surface area contributed by atoms with Crippen LogP contribution in [0.1, 0.15) is 24.5 Å². The van der Waals surface area contributed by atoms with E-state index in [9.17, 15) is 4.79 Å². The Kier molecular flexibility index (Phi) is 4.80. The molecule has 4 heteroatoms. The van der Waals surface area contributed by atoms with Crippen LogP contribution in [-0.4, -0.2) is 12.6 Å². The molecule has 2 N–H and O–H groups in total. The Morgan fingerprint density at radius 2 is 2.06 bits per heavy atom. The molecule has 0 aliphatic carbocycles. The summed E-state index contributed by atoms with van der Waals surface area (Å²) in [6, 6.07) is 3.87. The fourth-order valence-electron chi connectivity index (χ4n) is 1.47. The van der Waals surface area contributed by atoms with Crippen molar-refractivity contribution in [3.8, 4) is 0 Å². The number of carbonyl (C=O) groups is 1. The predicted octanol–water partition coefficient (Wildman–Crippen LogP) is 3.60. The lowest BCUT2D eigenvalue weighted by molar-refractivity contribution is 0.252. The number of nitrogens with one attached hydrogen (secondary N) is 2. The van der Waals surface area contributed by atoms with E-state index in [1.807, 2.05) is 32.9 Å². The molecule has 0 aliphatic rings. The average Bonchev–Trinajstić information content (AvgIpc) is 2.20. The largest absolute Gasteiger partial charge is 0.338 e. The van der Waals surface area contributed by atoms with E-state index < -0.39 is 0 Å². The SMILES string of the molecule is CCCNC(=O)Nc1c(C)cc(C)cc1Br. The average molecular weight is 285 g/mol. The number of benzene rings is 1. The minimum absolute atomic E-state index is 0.158. The monoisotopic (exact) mass is 284 g/mol. The minimum Gasteiger partial charge on any atom is -0.338 e. The highest BCUT2D eigenvalue weighted by atomic mass is 79.9. The zero-order chi connectivity index (χ0) is 12.1. The quantitative estimate of drug-likeness (QED) is 0.875. The maximum atomic E-state index is 11.5. The van der Waals surface area contributed by atoms with Crippen LogP contribution in [0.5, 0.6) is 0 Å². The zero-order valence-electron chi connectivity index (χ0n) is 9.86. The molecule has 1 rings (SSSR count). The number of amides is 2. The van der Waals surface area contributed by atoms with Crippen LogP contribution in [-0.2, 0) is 0 Å². The van der Waals surface area contributed by atoms with Crippen molar-refractivity contribution < 1.29 is 4.79 Å². The van der Waals surface area contributed by atoms with E-state index in [2.05, 4.69) is 26.6 Å². The van der Waals surface area contributed by atoms with Gasteiger partial charge in [-0.05, 0) is 53.4 Å². The summed E-state index contributed by atoms with van der Waals surface area (Å²) in [5.74, 6) is 0. The van der Waals surface area contributed by atoms with Gasteiger partial charge in [-0.25, -0.2) is 4.79 Å². The van der Waals surface area contributed by atoms with Crippen molar-refractivity contribution in [2.24, 2.45) is 0 Å². The summed E-state index contributed by atoms with van der Waals surface area (Å²) in [5, 5.41) is 5.62. The van der Waals surface area contributed by atoms with Crippen LogP contribution in [0.25, 0.3) is 0 Å². The second-order valence-corrected chi connectivity index (χ2v) is 4.67. The van der Waals surface area contributed by atoms with Crippen molar-refractivity contribution in [2.75, 3.05) is 11.9 Å². The van der Waals surface area contributed by atoms with Gasteiger partial charge in [0.2, 0.25) is 0 Å². The van der Waals surface area contributed by atoms with E-state index >= 15 is 0 Å². The molecule has 88 valence electrons. The Balaban J connectivity index is 2.77. The Morgan fingerprint density at radius 1 is 1.38 bits per heavy atom. The van der Waals surface area contributed by atoms with Crippen molar-refractivity contribution in [2.45, 2.75) is 27.2 Å². The molecule has 2 amide bonds. The molecule has 16 heavy (non-hydrogen) atoms. The van der Waals surface area contributed by atoms with Gasteiger partial charge in [-0.15, -0.1) is 0 Å². The van der Waals surface area contributed by atoms with Crippen LogP contribution in [0.3, 0.4) is 0 Å². The van der Waals surface area contributed by atoms with Crippen molar-refractivity contribution in [1.82, 2.24) is 5.32 Å². The minimum atomic E-state index is -0.158. The third-order valence-corrected chi connectivity index (χ3v) is 2.83. The van der Waals surface area contributed by atoms with Gasteiger partial charge in [0.25, 0.3) is 0 Å². The summed E-state index contributed by atoms with van der Waals surface area (Å²) in [6.07, 6.45) is 0.932. The van der Waals surface area contributed by atoms with Gasteiger partial charge in [-0.3, -0.25) is 0 Å². The summed E-state index contributed by atoms with van der Waals surface area (Å²) in [7, 11) is 0. The van der Waals surface area contributed by atoms with E-state index in [4.69, 9.17) is 0 Å². The lowest BCUT2D eigenvalue weighted by Crippen LogP contribution is -2.29. The molecule has 0 fully saturated rings. The number of aryl methyl sites for hydroxylation is 2. The lowest BCUT2D eigenvalue weighted by atomic mass is 10.1. The van der Waals surface area contributed by atoms with Gasteiger partial charge in [-0.1, -0.05) is 13.0 Å². The highest BCUT2D eigenvalue weighted by Crippen LogP contribution is 2.27. The number of rotatable bonds is 3. The molecule has 0 saturated carbocycles. The van der Waals surface area contributed by atoms with Crippen molar-refractivity contribution in [3.63, 3.8) is 0 Å². The molecule has 1 aromatic rings. The van der Waals surface area contributed by atoms with Crippen molar-refractivity contribution >= 4 is 27.6 Å².